The van der Waals surface area contributed by atoms with Crippen LogP contribution in [-0.4, -0.2) is 51.9 Å². The number of Topliss-reactive ketones (excluding diaryl/α,β-unsaturated/α-hetero) is 1. The first-order chi connectivity index (χ1) is 20.5. The molecule has 0 amide bonds. The van der Waals surface area contributed by atoms with Gasteiger partial charge in [-0.05, 0) is 81.9 Å². The first-order valence-electron chi connectivity index (χ1n) is 15.1. The third kappa shape index (κ3) is 3.93. The summed E-state index contributed by atoms with van der Waals surface area (Å²) in [7, 11) is 0. The average molecular weight is 605 g/mol. The summed E-state index contributed by atoms with van der Waals surface area (Å²) in [5, 5.41) is 21.9. The van der Waals surface area contributed by atoms with Crippen molar-refractivity contribution in [2.45, 2.75) is 86.0 Å². The van der Waals surface area contributed by atoms with E-state index in [0.29, 0.717) is 24.8 Å². The second kappa shape index (κ2) is 9.94. The molecule has 2 aromatic rings. The topological polar surface area (TPSA) is 93.1 Å². The molecule has 1 heterocycles. The molecule has 5 aliphatic rings. The zero-order valence-corrected chi connectivity index (χ0v) is 25.4. The van der Waals surface area contributed by atoms with E-state index in [1.165, 1.54) is 17.7 Å². The molecule has 0 radical (unpaired) electrons. The van der Waals surface area contributed by atoms with Crippen LogP contribution in [0.1, 0.15) is 56.9 Å². The summed E-state index contributed by atoms with van der Waals surface area (Å²) in [6.45, 7) is 4.99. The Hall–Kier alpha value is -2.62. The zero-order valence-electron chi connectivity index (χ0n) is 24.6. The highest BCUT2D eigenvalue weighted by Crippen LogP contribution is 2.72. The number of rotatable bonds is 5. The Labute approximate surface area is 255 Å². The van der Waals surface area contributed by atoms with Crippen LogP contribution in [0.15, 0.2) is 82.1 Å². The number of aliphatic hydroxyl groups excluding tert-OH is 2. The van der Waals surface area contributed by atoms with Gasteiger partial charge in [0, 0.05) is 32.1 Å². The number of ketones is 2. The first kappa shape index (κ1) is 29.1. The van der Waals surface area contributed by atoms with Gasteiger partial charge in [0.1, 0.15) is 6.61 Å². The standard InChI is InChI=1S/C35H37FO6S/c1-20-5-4-6-25(15-20)43-24-10-7-21(8-11-24)31-41-30-17-27-26-12-9-22-16-23(38)13-14-32(22,2)34(26,36)28(39)18-33(27,3)35(30,42-31)29(40)19-37/h4-8,10-11,13-16,26-28,30-31,37,39H,9,12,17-19H2,1-3H3/t26-,27-,28-,30+,31+,32-,33-,34-,35+/m0/s1. The number of allylic oxidation sites excluding steroid dienone is 4. The normalized spacial score (nSPS) is 41.2. The van der Waals surface area contributed by atoms with Crippen LogP contribution in [-0.2, 0) is 19.1 Å². The van der Waals surface area contributed by atoms with Gasteiger partial charge in [-0.3, -0.25) is 9.59 Å². The second-order valence-corrected chi connectivity index (χ2v) is 14.5. The molecule has 1 aliphatic heterocycles. The number of hydrogen-bond acceptors (Lipinski definition) is 7. The van der Waals surface area contributed by atoms with E-state index in [1.807, 2.05) is 37.3 Å². The molecule has 2 N–H and O–H groups in total. The summed E-state index contributed by atoms with van der Waals surface area (Å²) in [5.74, 6) is -1.58. The van der Waals surface area contributed by atoms with Gasteiger partial charge < -0.3 is 19.7 Å². The molecule has 1 saturated heterocycles. The van der Waals surface area contributed by atoms with Gasteiger partial charge >= 0.3 is 0 Å². The number of carbonyl (C=O) groups is 2. The van der Waals surface area contributed by atoms with E-state index < -0.39 is 58.9 Å². The van der Waals surface area contributed by atoms with Crippen LogP contribution in [0.3, 0.4) is 0 Å². The van der Waals surface area contributed by atoms with Crippen molar-refractivity contribution < 1.29 is 33.7 Å². The van der Waals surface area contributed by atoms with E-state index in [4.69, 9.17) is 9.47 Å². The van der Waals surface area contributed by atoms with Crippen LogP contribution in [0.2, 0.25) is 0 Å². The van der Waals surface area contributed by atoms with Crippen LogP contribution < -0.4 is 0 Å². The van der Waals surface area contributed by atoms with Gasteiger partial charge in [0.05, 0.1) is 12.2 Å². The fourth-order valence-corrected chi connectivity index (χ4v) is 10.2. The lowest BCUT2D eigenvalue weighted by molar-refractivity contribution is -0.231. The average Bonchev–Trinajstić information content (AvgIpc) is 3.47. The molecular formula is C35H37FO6S. The summed E-state index contributed by atoms with van der Waals surface area (Å²) in [4.78, 5) is 28.0. The predicted molar refractivity (Wildman–Crippen MR) is 159 cm³/mol. The molecule has 7 rings (SSSR count). The van der Waals surface area contributed by atoms with E-state index in [9.17, 15) is 19.8 Å². The highest BCUT2D eigenvalue weighted by molar-refractivity contribution is 7.99. The molecule has 3 saturated carbocycles. The minimum atomic E-state index is -2.02. The number of carbonyl (C=O) groups excluding carboxylic acids is 2. The Bertz CT molecular complexity index is 1550. The maximum atomic E-state index is 17.5. The number of halogens is 1. The van der Waals surface area contributed by atoms with E-state index in [0.717, 1.165) is 15.4 Å². The van der Waals surface area contributed by atoms with Gasteiger partial charge in [0.2, 0.25) is 0 Å². The summed E-state index contributed by atoms with van der Waals surface area (Å²) in [6, 6.07) is 16.1. The number of benzene rings is 2. The van der Waals surface area contributed by atoms with Crippen LogP contribution in [0.4, 0.5) is 4.39 Å². The minimum absolute atomic E-state index is 0.0281. The van der Waals surface area contributed by atoms with Crippen molar-refractivity contribution >= 4 is 23.3 Å². The van der Waals surface area contributed by atoms with Crippen LogP contribution >= 0.6 is 11.8 Å². The Morgan fingerprint density at radius 3 is 2.60 bits per heavy atom. The summed E-state index contributed by atoms with van der Waals surface area (Å²) < 4.78 is 30.6. The minimum Gasteiger partial charge on any atom is -0.390 e. The smallest absolute Gasteiger partial charge is 0.193 e. The second-order valence-electron chi connectivity index (χ2n) is 13.4. The fraction of sp³-hybridized carbons (Fsp3) is 0.486. The van der Waals surface area contributed by atoms with E-state index in [-0.39, 0.29) is 18.1 Å². The van der Waals surface area contributed by atoms with Crippen molar-refractivity contribution in [1.82, 2.24) is 0 Å². The van der Waals surface area contributed by atoms with Crippen molar-refractivity contribution in [2.75, 3.05) is 6.61 Å². The van der Waals surface area contributed by atoms with Crippen molar-refractivity contribution in [3.8, 4) is 0 Å². The Kier molecular flexibility index (Phi) is 6.73. The molecule has 9 atom stereocenters. The molecule has 8 heteroatoms. The quantitative estimate of drug-likeness (QED) is 0.443. The van der Waals surface area contributed by atoms with Crippen LogP contribution in [0.5, 0.6) is 0 Å². The highest BCUT2D eigenvalue weighted by atomic mass is 32.2. The molecule has 0 spiro atoms. The lowest BCUT2D eigenvalue weighted by Gasteiger charge is -2.62. The van der Waals surface area contributed by atoms with E-state index in [2.05, 4.69) is 25.1 Å². The van der Waals surface area contributed by atoms with E-state index in [1.54, 1.807) is 24.8 Å². The highest BCUT2D eigenvalue weighted by Gasteiger charge is 2.79. The summed E-state index contributed by atoms with van der Waals surface area (Å²) >= 11 is 1.65. The fourth-order valence-electron chi connectivity index (χ4n) is 9.23. The van der Waals surface area contributed by atoms with Crippen molar-refractivity contribution in [2.24, 2.45) is 22.7 Å². The molecule has 0 bridgehead atoms. The zero-order chi connectivity index (χ0) is 30.4. The van der Waals surface area contributed by atoms with Gasteiger partial charge in [-0.1, -0.05) is 60.2 Å². The Morgan fingerprint density at radius 1 is 1.12 bits per heavy atom. The van der Waals surface area contributed by atoms with Crippen molar-refractivity contribution in [1.29, 1.82) is 0 Å². The lowest BCUT2D eigenvalue weighted by atomic mass is 9.44. The summed E-state index contributed by atoms with van der Waals surface area (Å²) in [5.41, 5.74) is -3.00. The van der Waals surface area contributed by atoms with Crippen molar-refractivity contribution in [3.05, 3.63) is 83.5 Å². The van der Waals surface area contributed by atoms with Gasteiger partial charge in [-0.2, -0.15) is 0 Å². The van der Waals surface area contributed by atoms with Gasteiger partial charge in [0.15, 0.2) is 29.1 Å². The third-order valence-corrected chi connectivity index (χ3v) is 12.3. The van der Waals surface area contributed by atoms with E-state index >= 15 is 4.39 Å². The molecule has 2 aromatic carbocycles. The van der Waals surface area contributed by atoms with Crippen molar-refractivity contribution in [3.63, 3.8) is 0 Å². The van der Waals surface area contributed by atoms with Crippen LogP contribution in [0, 0.1) is 29.6 Å². The molecule has 0 unspecified atom stereocenters. The SMILES string of the molecule is Cc1cccc(Sc2ccc([C@@H]3O[C@@H]4C[C@H]5[C@@H]6CCC7=CC(=O)C=C[C@]7(C)[C@@]6(F)[C@@H](O)C[C@]5(C)[C@]4(C(=O)CO)O3)cc2)c1. The number of fused-ring (bicyclic) bond motifs is 7. The number of aryl methyl sites for hydroxylation is 1. The van der Waals surface area contributed by atoms with Gasteiger partial charge in [-0.25, -0.2) is 4.39 Å². The molecule has 43 heavy (non-hydrogen) atoms. The monoisotopic (exact) mass is 604 g/mol. The number of aliphatic hydroxyl groups is 2. The van der Waals surface area contributed by atoms with Gasteiger partial charge in [-0.15, -0.1) is 0 Å². The molecule has 0 aromatic heterocycles. The number of alkyl halides is 1. The van der Waals surface area contributed by atoms with Gasteiger partial charge in [0.25, 0.3) is 0 Å². The maximum Gasteiger partial charge on any atom is 0.193 e. The maximum absolute atomic E-state index is 17.5. The molecule has 4 fully saturated rings. The third-order valence-electron chi connectivity index (χ3n) is 11.3. The Balaban J connectivity index is 1.20. The number of ether oxygens (including phenoxy) is 2. The largest absolute Gasteiger partial charge is 0.390 e. The molecule has 6 nitrogen and oxygen atoms in total. The number of hydrogen-bond donors (Lipinski definition) is 2. The Morgan fingerprint density at radius 2 is 1.88 bits per heavy atom. The molecule has 4 aliphatic carbocycles. The summed E-state index contributed by atoms with van der Waals surface area (Å²) in [6.07, 6.45) is 2.91. The van der Waals surface area contributed by atoms with Crippen LogP contribution in [0.25, 0.3) is 0 Å². The molecular weight excluding hydrogens is 567 g/mol. The predicted octanol–water partition coefficient (Wildman–Crippen LogP) is 5.84. The molecule has 226 valence electrons. The first-order valence-corrected chi connectivity index (χ1v) is 15.9. The lowest BCUT2D eigenvalue weighted by Crippen LogP contribution is -2.69.